The number of benzene rings is 1. The minimum atomic E-state index is -0.358. The van der Waals surface area contributed by atoms with Gasteiger partial charge in [-0.25, -0.2) is 4.68 Å². The van der Waals surface area contributed by atoms with E-state index in [0.717, 1.165) is 54.9 Å². The van der Waals surface area contributed by atoms with Crippen molar-refractivity contribution < 1.29 is 9.59 Å². The van der Waals surface area contributed by atoms with Gasteiger partial charge in [-0.2, -0.15) is 5.10 Å². The van der Waals surface area contributed by atoms with Gasteiger partial charge >= 0.3 is 0 Å². The second-order valence-electron chi connectivity index (χ2n) is 8.83. The van der Waals surface area contributed by atoms with E-state index < -0.39 is 0 Å². The highest BCUT2D eigenvalue weighted by Gasteiger charge is 2.33. The van der Waals surface area contributed by atoms with Crippen LogP contribution in [0.5, 0.6) is 0 Å². The van der Waals surface area contributed by atoms with Crippen LogP contribution in [0.1, 0.15) is 62.8 Å². The molecule has 0 radical (unpaired) electrons. The quantitative estimate of drug-likeness (QED) is 0.798. The van der Waals surface area contributed by atoms with Gasteiger partial charge in [-0.05, 0) is 82.2 Å². The van der Waals surface area contributed by atoms with E-state index in [1.165, 1.54) is 12.8 Å². The Hall–Kier alpha value is -2.63. The number of hydrogen-bond donors (Lipinski definition) is 1. The minimum Gasteiger partial charge on any atom is -0.331 e. The highest BCUT2D eigenvalue weighted by atomic mass is 16.2. The molecule has 2 fully saturated rings. The molecule has 1 aromatic carbocycles. The number of nitrogens with zero attached hydrogens (tertiary/aromatic N) is 3. The number of piperidine rings is 1. The molecule has 2 aliphatic rings. The van der Waals surface area contributed by atoms with Crippen molar-refractivity contribution in [3.8, 4) is 5.69 Å². The molecule has 4 rings (SSSR count). The van der Waals surface area contributed by atoms with E-state index in [0.29, 0.717) is 18.9 Å². The van der Waals surface area contributed by atoms with Gasteiger partial charge in [0.1, 0.15) is 6.04 Å². The number of likely N-dealkylation sites (tertiary alicyclic amines) is 1. The Morgan fingerprint density at radius 3 is 2.40 bits per heavy atom. The predicted octanol–water partition coefficient (Wildman–Crippen LogP) is 4.39. The first kappa shape index (κ1) is 20.6. The summed E-state index contributed by atoms with van der Waals surface area (Å²) in [5.41, 5.74) is 3.76. The van der Waals surface area contributed by atoms with Crippen molar-refractivity contribution in [3.63, 3.8) is 0 Å². The molecule has 6 heteroatoms. The Balaban J connectivity index is 1.41. The van der Waals surface area contributed by atoms with Gasteiger partial charge in [-0.1, -0.05) is 12.8 Å². The van der Waals surface area contributed by atoms with Crippen LogP contribution in [0.15, 0.2) is 30.3 Å². The molecule has 1 N–H and O–H groups in total. The second kappa shape index (κ2) is 9.02. The first-order valence-electron chi connectivity index (χ1n) is 11.3. The van der Waals surface area contributed by atoms with E-state index in [2.05, 4.69) is 10.4 Å². The molecule has 1 saturated heterocycles. The number of rotatable bonds is 5. The summed E-state index contributed by atoms with van der Waals surface area (Å²) < 4.78 is 1.89. The standard InChI is InChI=1S/C24H32N4O2/c1-17-15-18(2)28(26-17)21-12-10-20(11-13-21)25-24(30)22-9-5-6-14-27(22)23(29)16-19-7-3-4-8-19/h10-13,15,19,22H,3-9,14,16H2,1-2H3,(H,25,30)/t22-/m0/s1. The number of aryl methyl sites for hydroxylation is 2. The fourth-order valence-electron chi connectivity index (χ4n) is 4.88. The summed E-state index contributed by atoms with van der Waals surface area (Å²) in [5, 5.41) is 7.53. The third kappa shape index (κ3) is 4.58. The van der Waals surface area contributed by atoms with Crippen LogP contribution < -0.4 is 5.32 Å². The first-order chi connectivity index (χ1) is 14.5. The molecule has 2 aromatic rings. The highest BCUT2D eigenvalue weighted by Crippen LogP contribution is 2.29. The van der Waals surface area contributed by atoms with Gasteiger partial charge < -0.3 is 10.2 Å². The zero-order valence-corrected chi connectivity index (χ0v) is 18.1. The van der Waals surface area contributed by atoms with Crippen LogP contribution in [-0.4, -0.2) is 39.1 Å². The predicted molar refractivity (Wildman–Crippen MR) is 118 cm³/mol. The number of nitrogens with one attached hydrogen (secondary N) is 1. The molecule has 6 nitrogen and oxygen atoms in total. The van der Waals surface area contributed by atoms with Crippen molar-refractivity contribution in [1.29, 1.82) is 0 Å². The third-order valence-corrected chi connectivity index (χ3v) is 6.45. The molecule has 1 aliphatic heterocycles. The Labute approximate surface area is 178 Å². The number of hydrogen-bond acceptors (Lipinski definition) is 3. The summed E-state index contributed by atoms with van der Waals surface area (Å²) in [4.78, 5) is 27.7. The van der Waals surface area contributed by atoms with Gasteiger partial charge in [0, 0.05) is 24.3 Å². The lowest BCUT2D eigenvalue weighted by atomic mass is 9.97. The molecule has 2 heterocycles. The lowest BCUT2D eigenvalue weighted by Gasteiger charge is -2.35. The zero-order chi connectivity index (χ0) is 21.1. The van der Waals surface area contributed by atoms with E-state index in [-0.39, 0.29) is 17.9 Å². The number of aromatic nitrogens is 2. The van der Waals surface area contributed by atoms with E-state index in [1.807, 2.05) is 53.8 Å². The number of carbonyl (C=O) groups excluding carboxylic acids is 2. The molecular weight excluding hydrogens is 376 g/mol. The van der Waals surface area contributed by atoms with E-state index >= 15 is 0 Å². The van der Waals surface area contributed by atoms with E-state index in [1.54, 1.807) is 0 Å². The van der Waals surface area contributed by atoms with Crippen molar-refractivity contribution in [3.05, 3.63) is 41.7 Å². The summed E-state index contributed by atoms with van der Waals surface area (Å²) in [6, 6.07) is 9.39. The Bertz CT molecular complexity index is 896. The van der Waals surface area contributed by atoms with Crippen LogP contribution in [0.4, 0.5) is 5.69 Å². The molecule has 0 unspecified atom stereocenters. The number of anilines is 1. The van der Waals surface area contributed by atoms with Crippen LogP contribution >= 0.6 is 0 Å². The molecule has 30 heavy (non-hydrogen) atoms. The maximum Gasteiger partial charge on any atom is 0.247 e. The van der Waals surface area contributed by atoms with Crippen LogP contribution in [0, 0.1) is 19.8 Å². The molecule has 1 aromatic heterocycles. The average molecular weight is 409 g/mol. The topological polar surface area (TPSA) is 67.2 Å². The zero-order valence-electron chi connectivity index (χ0n) is 18.1. The van der Waals surface area contributed by atoms with Crippen molar-refractivity contribution in [2.75, 3.05) is 11.9 Å². The van der Waals surface area contributed by atoms with E-state index in [4.69, 9.17) is 0 Å². The molecule has 0 bridgehead atoms. The summed E-state index contributed by atoms with van der Waals surface area (Å²) in [5.74, 6) is 0.583. The lowest BCUT2D eigenvalue weighted by molar-refractivity contribution is -0.141. The van der Waals surface area contributed by atoms with Gasteiger partial charge in [0.25, 0.3) is 0 Å². The molecule has 2 amide bonds. The summed E-state index contributed by atoms with van der Waals surface area (Å²) in [7, 11) is 0. The molecule has 1 aliphatic carbocycles. The molecular formula is C24H32N4O2. The van der Waals surface area contributed by atoms with Crippen LogP contribution in [0.2, 0.25) is 0 Å². The molecule has 0 spiro atoms. The largest absolute Gasteiger partial charge is 0.331 e. The lowest BCUT2D eigenvalue weighted by Crippen LogP contribution is -2.50. The van der Waals surface area contributed by atoms with Crippen molar-refractivity contribution in [1.82, 2.24) is 14.7 Å². The normalized spacial score (nSPS) is 19.8. The first-order valence-corrected chi connectivity index (χ1v) is 11.3. The van der Waals surface area contributed by atoms with E-state index in [9.17, 15) is 9.59 Å². The fourth-order valence-corrected chi connectivity index (χ4v) is 4.88. The summed E-state index contributed by atoms with van der Waals surface area (Å²) >= 11 is 0. The maximum absolute atomic E-state index is 13.0. The van der Waals surface area contributed by atoms with Gasteiger partial charge in [0.2, 0.25) is 11.8 Å². The monoisotopic (exact) mass is 408 g/mol. The Kier molecular flexibility index (Phi) is 6.21. The SMILES string of the molecule is Cc1cc(C)n(-c2ccc(NC(=O)[C@@H]3CCCCN3C(=O)CC3CCCC3)cc2)n1. The Morgan fingerprint density at radius 1 is 1.03 bits per heavy atom. The Morgan fingerprint density at radius 2 is 1.73 bits per heavy atom. The van der Waals surface area contributed by atoms with Crippen LogP contribution in [-0.2, 0) is 9.59 Å². The van der Waals surface area contributed by atoms with Gasteiger partial charge in [-0.3, -0.25) is 9.59 Å². The fraction of sp³-hybridized carbons (Fsp3) is 0.542. The van der Waals surface area contributed by atoms with Crippen molar-refractivity contribution >= 4 is 17.5 Å². The van der Waals surface area contributed by atoms with Crippen molar-refractivity contribution in [2.24, 2.45) is 5.92 Å². The smallest absolute Gasteiger partial charge is 0.247 e. The molecule has 1 saturated carbocycles. The van der Waals surface area contributed by atoms with Crippen LogP contribution in [0.25, 0.3) is 5.69 Å². The number of amides is 2. The number of carbonyl (C=O) groups is 2. The van der Waals surface area contributed by atoms with Gasteiger partial charge in [-0.15, -0.1) is 0 Å². The minimum absolute atomic E-state index is 0.0756. The maximum atomic E-state index is 13.0. The third-order valence-electron chi connectivity index (χ3n) is 6.45. The summed E-state index contributed by atoms with van der Waals surface area (Å²) in [6.45, 7) is 4.69. The van der Waals surface area contributed by atoms with Crippen LogP contribution in [0.3, 0.4) is 0 Å². The molecule has 160 valence electrons. The van der Waals surface area contributed by atoms with Gasteiger partial charge in [0.05, 0.1) is 11.4 Å². The second-order valence-corrected chi connectivity index (χ2v) is 8.83. The van der Waals surface area contributed by atoms with Crippen molar-refractivity contribution in [2.45, 2.75) is 71.3 Å². The highest BCUT2D eigenvalue weighted by molar-refractivity contribution is 5.97. The van der Waals surface area contributed by atoms with Gasteiger partial charge in [0.15, 0.2) is 0 Å². The summed E-state index contributed by atoms with van der Waals surface area (Å²) in [6.07, 6.45) is 8.08. The molecule has 1 atom stereocenters. The average Bonchev–Trinajstić information content (AvgIpc) is 3.37.